The van der Waals surface area contributed by atoms with Crippen LogP contribution in [0.15, 0.2) is 29.1 Å². The highest BCUT2D eigenvalue weighted by atomic mass is 16.4. The number of fused-ring (bicyclic) bond motifs is 1. The molecule has 7 heteroatoms. The first kappa shape index (κ1) is 15.3. The minimum Gasteiger partial charge on any atom is -0.481 e. The van der Waals surface area contributed by atoms with Crippen LogP contribution in [0.1, 0.15) is 19.3 Å². The zero-order chi connectivity index (χ0) is 16.4. The summed E-state index contributed by atoms with van der Waals surface area (Å²) in [5.41, 5.74) is 1.14. The molecule has 7 nitrogen and oxygen atoms in total. The van der Waals surface area contributed by atoms with Crippen LogP contribution in [0.25, 0.3) is 11.0 Å². The predicted octanol–water partition coefficient (Wildman–Crippen LogP) is 1.04. The molecule has 0 spiro atoms. The number of rotatable bonds is 4. The van der Waals surface area contributed by atoms with E-state index in [-0.39, 0.29) is 30.5 Å². The Hall–Kier alpha value is -2.57. The lowest BCUT2D eigenvalue weighted by atomic mass is 9.93. The Morgan fingerprint density at radius 3 is 2.61 bits per heavy atom. The maximum absolute atomic E-state index is 12.4. The summed E-state index contributed by atoms with van der Waals surface area (Å²) in [6, 6.07) is 7.26. The average Bonchev–Trinajstić information content (AvgIpc) is 2.83. The van der Waals surface area contributed by atoms with Crippen molar-refractivity contribution in [3.05, 3.63) is 34.7 Å². The third-order valence-electron chi connectivity index (χ3n) is 4.41. The summed E-state index contributed by atoms with van der Waals surface area (Å²) in [7, 11) is 0. The molecule has 1 aliphatic heterocycles. The van der Waals surface area contributed by atoms with E-state index in [9.17, 15) is 14.4 Å². The van der Waals surface area contributed by atoms with Crippen molar-refractivity contribution in [2.75, 3.05) is 13.1 Å². The lowest BCUT2D eigenvalue weighted by Crippen LogP contribution is -2.41. The molecule has 2 heterocycles. The number of likely N-dealkylation sites (tertiary alicyclic amines) is 1. The van der Waals surface area contributed by atoms with Gasteiger partial charge in [-0.05, 0) is 30.9 Å². The van der Waals surface area contributed by atoms with E-state index in [1.54, 1.807) is 17.0 Å². The highest BCUT2D eigenvalue weighted by Crippen LogP contribution is 2.20. The number of aliphatic carboxylic acids is 1. The third kappa shape index (κ3) is 3.28. The van der Waals surface area contributed by atoms with Gasteiger partial charge in [0.2, 0.25) is 5.91 Å². The largest absolute Gasteiger partial charge is 0.481 e. The number of carbonyl (C=O) groups excluding carboxylic acids is 1. The van der Waals surface area contributed by atoms with Crippen molar-refractivity contribution in [1.82, 2.24) is 14.5 Å². The monoisotopic (exact) mass is 317 g/mol. The van der Waals surface area contributed by atoms with Crippen molar-refractivity contribution in [2.45, 2.75) is 25.8 Å². The number of aromatic amines is 1. The van der Waals surface area contributed by atoms with E-state index in [1.165, 1.54) is 4.57 Å². The van der Waals surface area contributed by atoms with E-state index < -0.39 is 5.97 Å². The number of carbonyl (C=O) groups is 2. The molecule has 3 rings (SSSR count). The minimum atomic E-state index is -0.792. The molecule has 1 amide bonds. The van der Waals surface area contributed by atoms with Gasteiger partial charge in [0.1, 0.15) is 6.54 Å². The average molecular weight is 317 g/mol. The van der Waals surface area contributed by atoms with Gasteiger partial charge in [-0.3, -0.25) is 14.2 Å². The number of hydrogen-bond donors (Lipinski definition) is 2. The van der Waals surface area contributed by atoms with Gasteiger partial charge < -0.3 is 15.0 Å². The molecule has 1 saturated heterocycles. The van der Waals surface area contributed by atoms with Gasteiger partial charge in [0.15, 0.2) is 0 Å². The standard InChI is InChI=1S/C16H19N3O4/c20-14(18-7-5-11(6-8-18)9-15(21)22)10-19-13-4-2-1-3-12(13)17-16(19)23/h1-4,11H,5-10H2,(H,17,23)(H,21,22). The summed E-state index contributed by atoms with van der Waals surface area (Å²) in [6.45, 7) is 1.11. The smallest absolute Gasteiger partial charge is 0.326 e. The van der Waals surface area contributed by atoms with Crippen molar-refractivity contribution >= 4 is 22.9 Å². The number of carboxylic acids is 1. The van der Waals surface area contributed by atoms with Crippen LogP contribution in [0, 0.1) is 5.92 Å². The summed E-state index contributed by atoms with van der Waals surface area (Å²) in [5, 5.41) is 8.82. The summed E-state index contributed by atoms with van der Waals surface area (Å²) < 4.78 is 1.45. The maximum atomic E-state index is 12.4. The van der Waals surface area contributed by atoms with Crippen LogP contribution in [0.3, 0.4) is 0 Å². The number of amides is 1. The molecule has 1 fully saturated rings. The zero-order valence-electron chi connectivity index (χ0n) is 12.7. The van der Waals surface area contributed by atoms with E-state index in [0.717, 1.165) is 0 Å². The molecule has 2 N–H and O–H groups in total. The van der Waals surface area contributed by atoms with Gasteiger partial charge in [-0.2, -0.15) is 0 Å². The summed E-state index contributed by atoms with van der Waals surface area (Å²) in [4.78, 5) is 39.6. The van der Waals surface area contributed by atoms with Gasteiger partial charge in [0, 0.05) is 19.5 Å². The van der Waals surface area contributed by atoms with Gasteiger partial charge in [0.05, 0.1) is 11.0 Å². The molecule has 0 aliphatic carbocycles. The first-order valence-electron chi connectivity index (χ1n) is 7.71. The Morgan fingerprint density at radius 1 is 1.22 bits per heavy atom. The van der Waals surface area contributed by atoms with Crippen molar-refractivity contribution in [3.8, 4) is 0 Å². The van der Waals surface area contributed by atoms with Gasteiger partial charge in [0.25, 0.3) is 0 Å². The SMILES string of the molecule is O=C(O)CC1CCN(C(=O)Cn2c(=O)[nH]c3ccccc32)CC1. The highest BCUT2D eigenvalue weighted by molar-refractivity contribution is 5.80. The first-order valence-corrected chi connectivity index (χ1v) is 7.71. The second kappa shape index (κ2) is 6.28. The Kier molecular flexibility index (Phi) is 4.18. The van der Waals surface area contributed by atoms with E-state index in [2.05, 4.69) is 4.98 Å². The molecule has 0 radical (unpaired) electrons. The summed E-state index contributed by atoms with van der Waals surface area (Å²) in [5.74, 6) is -0.766. The number of hydrogen-bond acceptors (Lipinski definition) is 3. The number of para-hydroxylation sites is 2. The van der Waals surface area contributed by atoms with Crippen LogP contribution in [0.2, 0.25) is 0 Å². The highest BCUT2D eigenvalue weighted by Gasteiger charge is 2.25. The second-order valence-electron chi connectivity index (χ2n) is 5.96. The Balaban J connectivity index is 1.67. The van der Waals surface area contributed by atoms with E-state index >= 15 is 0 Å². The molecular weight excluding hydrogens is 298 g/mol. The molecule has 23 heavy (non-hydrogen) atoms. The third-order valence-corrected chi connectivity index (χ3v) is 4.41. The van der Waals surface area contributed by atoms with Crippen LogP contribution in [0.4, 0.5) is 0 Å². The maximum Gasteiger partial charge on any atom is 0.326 e. The van der Waals surface area contributed by atoms with Crippen LogP contribution in [-0.4, -0.2) is 44.5 Å². The molecule has 1 aromatic carbocycles. The fourth-order valence-electron chi connectivity index (χ4n) is 3.13. The van der Waals surface area contributed by atoms with Crippen LogP contribution >= 0.6 is 0 Å². The molecule has 2 aromatic rings. The van der Waals surface area contributed by atoms with Gasteiger partial charge in [-0.25, -0.2) is 4.79 Å². The number of nitrogens with one attached hydrogen (secondary N) is 1. The van der Waals surface area contributed by atoms with Crippen molar-refractivity contribution < 1.29 is 14.7 Å². The van der Waals surface area contributed by atoms with Crippen LogP contribution < -0.4 is 5.69 Å². The Labute approximate surface area is 132 Å². The molecule has 1 aromatic heterocycles. The molecule has 0 saturated carbocycles. The lowest BCUT2D eigenvalue weighted by molar-refractivity contribution is -0.138. The number of imidazole rings is 1. The fraction of sp³-hybridized carbons (Fsp3) is 0.438. The van der Waals surface area contributed by atoms with E-state index in [0.29, 0.717) is 37.0 Å². The number of benzene rings is 1. The summed E-state index contributed by atoms with van der Waals surface area (Å²) in [6.07, 6.45) is 1.55. The van der Waals surface area contributed by atoms with Gasteiger partial charge >= 0.3 is 11.7 Å². The van der Waals surface area contributed by atoms with Crippen LogP contribution in [0.5, 0.6) is 0 Å². The molecule has 1 aliphatic rings. The molecular formula is C16H19N3O4. The normalized spacial score (nSPS) is 15.9. The lowest BCUT2D eigenvalue weighted by Gasteiger charge is -2.31. The van der Waals surface area contributed by atoms with Crippen molar-refractivity contribution in [2.24, 2.45) is 5.92 Å². The molecule has 0 bridgehead atoms. The van der Waals surface area contributed by atoms with Crippen molar-refractivity contribution in [1.29, 1.82) is 0 Å². The molecule has 0 unspecified atom stereocenters. The number of H-pyrrole nitrogens is 1. The van der Waals surface area contributed by atoms with Gasteiger partial charge in [-0.15, -0.1) is 0 Å². The molecule has 122 valence electrons. The first-order chi connectivity index (χ1) is 11.0. The zero-order valence-corrected chi connectivity index (χ0v) is 12.7. The van der Waals surface area contributed by atoms with E-state index in [4.69, 9.17) is 5.11 Å². The summed E-state index contributed by atoms with van der Waals surface area (Å²) >= 11 is 0. The van der Waals surface area contributed by atoms with E-state index in [1.807, 2.05) is 12.1 Å². The number of nitrogens with zero attached hydrogens (tertiary/aromatic N) is 2. The Morgan fingerprint density at radius 2 is 1.91 bits per heavy atom. The quantitative estimate of drug-likeness (QED) is 0.881. The number of carboxylic acid groups (broad SMARTS) is 1. The second-order valence-corrected chi connectivity index (χ2v) is 5.96. The topological polar surface area (TPSA) is 95.4 Å². The Bertz CT molecular complexity index is 784. The predicted molar refractivity (Wildman–Crippen MR) is 84.1 cm³/mol. The minimum absolute atomic E-state index is 0.00639. The number of aromatic nitrogens is 2. The fourth-order valence-corrected chi connectivity index (χ4v) is 3.13. The molecule has 0 atom stereocenters. The number of piperidine rings is 1. The van der Waals surface area contributed by atoms with Crippen LogP contribution in [-0.2, 0) is 16.1 Å². The van der Waals surface area contributed by atoms with Crippen molar-refractivity contribution in [3.63, 3.8) is 0 Å². The van der Waals surface area contributed by atoms with Gasteiger partial charge in [-0.1, -0.05) is 12.1 Å².